The second-order valence-corrected chi connectivity index (χ2v) is 4.89. The van der Waals surface area contributed by atoms with Crippen molar-refractivity contribution in [1.29, 1.82) is 0 Å². The van der Waals surface area contributed by atoms with Gasteiger partial charge in [-0.15, -0.1) is 23.6 Å². The molecule has 1 heterocycles. The average Bonchev–Trinajstić information content (AvgIpc) is 2.30. The molecular formula is C15H14S. The maximum absolute atomic E-state index is 3.32. The van der Waals surface area contributed by atoms with E-state index in [1.54, 1.807) is 0 Å². The van der Waals surface area contributed by atoms with Gasteiger partial charge in [-0.25, -0.2) is 0 Å². The molecule has 80 valence electrons. The van der Waals surface area contributed by atoms with E-state index in [0.717, 1.165) is 12.2 Å². The van der Waals surface area contributed by atoms with Crippen molar-refractivity contribution in [2.45, 2.75) is 30.6 Å². The molecule has 2 rings (SSSR count). The van der Waals surface area contributed by atoms with E-state index in [2.05, 4.69) is 47.9 Å². The van der Waals surface area contributed by atoms with Gasteiger partial charge < -0.3 is 0 Å². The van der Waals surface area contributed by atoms with E-state index in [1.807, 2.05) is 25.6 Å². The molecule has 0 atom stereocenters. The number of benzene rings is 1. The Morgan fingerprint density at radius 1 is 1.12 bits per heavy atom. The van der Waals surface area contributed by atoms with Crippen molar-refractivity contribution in [1.82, 2.24) is 0 Å². The first-order chi connectivity index (χ1) is 7.82. The van der Waals surface area contributed by atoms with E-state index in [0.29, 0.717) is 0 Å². The summed E-state index contributed by atoms with van der Waals surface area (Å²) in [5, 5.41) is 0. The lowest BCUT2D eigenvalue weighted by Gasteiger charge is -2.30. The third-order valence-electron chi connectivity index (χ3n) is 2.76. The largest absolute Gasteiger partial charge is 0.126 e. The van der Waals surface area contributed by atoms with Gasteiger partial charge in [-0.3, -0.25) is 0 Å². The summed E-state index contributed by atoms with van der Waals surface area (Å²) in [6, 6.07) is 8.49. The van der Waals surface area contributed by atoms with E-state index in [4.69, 9.17) is 0 Å². The predicted molar refractivity (Wildman–Crippen MR) is 70.4 cm³/mol. The molecule has 0 fully saturated rings. The molecule has 1 aliphatic rings. The predicted octanol–water partition coefficient (Wildman–Crippen LogP) is 3.47. The van der Waals surface area contributed by atoms with Crippen LogP contribution in [0.1, 0.15) is 25.8 Å². The number of hydrogen-bond acceptors (Lipinski definition) is 1. The number of hydrogen-bond donors (Lipinski definition) is 0. The highest BCUT2D eigenvalue weighted by molar-refractivity contribution is 7.99. The van der Waals surface area contributed by atoms with Crippen LogP contribution in [0.5, 0.6) is 0 Å². The van der Waals surface area contributed by atoms with Crippen LogP contribution in [0.15, 0.2) is 29.2 Å². The second kappa shape index (κ2) is 4.69. The molecule has 1 aromatic rings. The maximum Gasteiger partial charge on any atom is 0.118 e. The Hall–Kier alpha value is -1.31. The topological polar surface area (TPSA) is 0 Å². The summed E-state index contributed by atoms with van der Waals surface area (Å²) in [4.78, 5) is 1.33. The van der Waals surface area contributed by atoms with E-state index in [1.165, 1.54) is 10.5 Å². The molecule has 1 aliphatic heterocycles. The number of rotatable bonds is 0. The maximum atomic E-state index is 3.32. The van der Waals surface area contributed by atoms with Crippen LogP contribution >= 0.6 is 11.8 Å². The van der Waals surface area contributed by atoms with Gasteiger partial charge in [0.25, 0.3) is 0 Å². The van der Waals surface area contributed by atoms with Crippen molar-refractivity contribution in [2.75, 3.05) is 5.75 Å². The zero-order valence-corrected chi connectivity index (χ0v) is 10.4. The Morgan fingerprint density at radius 3 is 2.50 bits per heavy atom. The Balaban J connectivity index is 2.62. The fraction of sp³-hybridized carbons (Fsp3) is 0.333. The smallest absolute Gasteiger partial charge is 0.118 e. The van der Waals surface area contributed by atoms with Crippen molar-refractivity contribution < 1.29 is 0 Å². The van der Waals surface area contributed by atoms with E-state index in [-0.39, 0.29) is 5.41 Å². The van der Waals surface area contributed by atoms with Crippen LogP contribution in [-0.2, 0) is 5.41 Å². The van der Waals surface area contributed by atoms with Gasteiger partial charge in [0.1, 0.15) is 5.41 Å². The lowest BCUT2D eigenvalue weighted by atomic mass is 9.79. The van der Waals surface area contributed by atoms with Crippen LogP contribution in [0, 0.1) is 23.7 Å². The molecule has 0 N–H and O–H groups in total. The Morgan fingerprint density at radius 2 is 1.81 bits per heavy atom. The Kier molecular flexibility index (Phi) is 3.28. The first-order valence-corrected chi connectivity index (χ1v) is 6.41. The normalized spacial score (nSPS) is 16.1. The summed E-state index contributed by atoms with van der Waals surface area (Å²) < 4.78 is 0. The van der Waals surface area contributed by atoms with Gasteiger partial charge in [0.05, 0.1) is 0 Å². The summed E-state index contributed by atoms with van der Waals surface area (Å²) in [5.41, 5.74) is 1.06. The average molecular weight is 226 g/mol. The highest BCUT2D eigenvalue weighted by atomic mass is 32.2. The highest BCUT2D eigenvalue weighted by Gasteiger charge is 2.33. The zero-order chi connectivity index (χ0) is 11.4. The fourth-order valence-electron chi connectivity index (χ4n) is 2.11. The molecule has 0 aliphatic carbocycles. The lowest BCUT2D eigenvalue weighted by molar-refractivity contribution is 0.671. The molecule has 0 radical (unpaired) electrons. The number of fused-ring (bicyclic) bond motifs is 1. The molecule has 0 aromatic heterocycles. The summed E-state index contributed by atoms with van der Waals surface area (Å²) >= 11 is 1.91. The standard InChI is InChI=1S/C15H14S/c1-3-9-15(10-4-2)11-12-16-14-8-6-5-7-13(14)15/h5-8H,11-12H2,1-2H3. The summed E-state index contributed by atoms with van der Waals surface area (Å²) in [7, 11) is 0. The molecular weight excluding hydrogens is 212 g/mol. The summed E-state index contributed by atoms with van der Waals surface area (Å²) in [6.07, 6.45) is 1.02. The van der Waals surface area contributed by atoms with Crippen LogP contribution in [-0.4, -0.2) is 5.75 Å². The molecule has 0 bridgehead atoms. The van der Waals surface area contributed by atoms with Crippen LogP contribution in [0.25, 0.3) is 0 Å². The second-order valence-electron chi connectivity index (χ2n) is 3.75. The SMILES string of the molecule is CC#CC1(C#CC)CCSc2ccccc21. The summed E-state index contributed by atoms with van der Waals surface area (Å²) in [6.45, 7) is 3.78. The van der Waals surface area contributed by atoms with Gasteiger partial charge >= 0.3 is 0 Å². The van der Waals surface area contributed by atoms with E-state index in [9.17, 15) is 0 Å². The molecule has 0 nitrogen and oxygen atoms in total. The van der Waals surface area contributed by atoms with Gasteiger partial charge in [0.2, 0.25) is 0 Å². The van der Waals surface area contributed by atoms with Gasteiger partial charge in [0, 0.05) is 10.6 Å². The molecule has 16 heavy (non-hydrogen) atoms. The first kappa shape index (κ1) is 11.2. The molecule has 0 amide bonds. The third kappa shape index (κ3) is 1.84. The highest BCUT2D eigenvalue weighted by Crippen LogP contribution is 2.41. The third-order valence-corrected chi connectivity index (χ3v) is 3.83. The summed E-state index contributed by atoms with van der Waals surface area (Å²) in [5.74, 6) is 13.8. The van der Waals surface area contributed by atoms with Crippen LogP contribution in [0.2, 0.25) is 0 Å². The first-order valence-electron chi connectivity index (χ1n) is 5.42. The van der Waals surface area contributed by atoms with Crippen molar-refractivity contribution in [3.8, 4) is 23.7 Å². The van der Waals surface area contributed by atoms with Crippen molar-refractivity contribution >= 4 is 11.8 Å². The molecule has 0 saturated heterocycles. The van der Waals surface area contributed by atoms with Crippen LogP contribution < -0.4 is 0 Å². The van der Waals surface area contributed by atoms with Gasteiger partial charge in [0.15, 0.2) is 0 Å². The van der Waals surface area contributed by atoms with Crippen molar-refractivity contribution in [3.63, 3.8) is 0 Å². The minimum atomic E-state index is -0.231. The Bertz CT molecular complexity index is 485. The molecule has 1 heteroatoms. The van der Waals surface area contributed by atoms with Crippen molar-refractivity contribution in [2.24, 2.45) is 0 Å². The molecule has 0 spiro atoms. The molecule has 1 aromatic carbocycles. The zero-order valence-electron chi connectivity index (χ0n) is 9.63. The minimum absolute atomic E-state index is 0.231. The quantitative estimate of drug-likeness (QED) is 0.610. The van der Waals surface area contributed by atoms with E-state index < -0.39 is 0 Å². The van der Waals surface area contributed by atoms with Crippen molar-refractivity contribution in [3.05, 3.63) is 29.8 Å². The number of thioether (sulfide) groups is 1. The minimum Gasteiger partial charge on any atom is -0.126 e. The molecule has 0 saturated carbocycles. The van der Waals surface area contributed by atoms with Crippen LogP contribution in [0.3, 0.4) is 0 Å². The van der Waals surface area contributed by atoms with Gasteiger partial charge in [-0.1, -0.05) is 30.0 Å². The Labute approximate surface area is 102 Å². The van der Waals surface area contributed by atoms with Crippen LogP contribution in [0.4, 0.5) is 0 Å². The lowest BCUT2D eigenvalue weighted by Crippen LogP contribution is -2.27. The fourth-order valence-corrected chi connectivity index (χ4v) is 3.31. The molecule has 0 unspecified atom stereocenters. The monoisotopic (exact) mass is 226 g/mol. The van der Waals surface area contributed by atoms with Gasteiger partial charge in [-0.2, -0.15) is 0 Å². The van der Waals surface area contributed by atoms with Gasteiger partial charge in [-0.05, 0) is 31.9 Å². The van der Waals surface area contributed by atoms with E-state index >= 15 is 0 Å².